The van der Waals surface area contributed by atoms with Crippen molar-refractivity contribution in [3.05, 3.63) is 23.8 Å². The summed E-state index contributed by atoms with van der Waals surface area (Å²) in [4.78, 5) is 8.94. The summed E-state index contributed by atoms with van der Waals surface area (Å²) in [6.07, 6.45) is 0.935. The largest absolute Gasteiger partial charge is 0.382 e. The lowest BCUT2D eigenvalue weighted by atomic mass is 10.0. The molecule has 0 aliphatic rings. The molecule has 0 radical (unpaired) electrons. The highest BCUT2D eigenvalue weighted by molar-refractivity contribution is 6.08. The van der Waals surface area contributed by atoms with Crippen molar-refractivity contribution >= 4 is 33.7 Å². The normalized spacial score (nSPS) is 11.8. The molecule has 3 aromatic rings. The molecule has 3 rings (SSSR count). The molecular formula is C16H21N5. The number of aromatic nitrogens is 3. The molecule has 5 heteroatoms. The summed E-state index contributed by atoms with van der Waals surface area (Å²) in [5.41, 5.74) is 16.1. The molecule has 0 bridgehead atoms. The molecule has 2 heterocycles. The lowest BCUT2D eigenvalue weighted by molar-refractivity contribution is 0.538. The van der Waals surface area contributed by atoms with Crippen molar-refractivity contribution in [3.63, 3.8) is 0 Å². The number of imidazole rings is 1. The van der Waals surface area contributed by atoms with Crippen LogP contribution in [-0.4, -0.2) is 14.5 Å². The number of nitrogen functional groups attached to an aromatic ring is 2. The fourth-order valence-electron chi connectivity index (χ4n) is 2.88. The minimum absolute atomic E-state index is 0.444. The quantitative estimate of drug-likeness (QED) is 0.774. The zero-order valence-electron chi connectivity index (χ0n) is 12.7. The fraction of sp³-hybridized carbons (Fsp3) is 0.375. The summed E-state index contributed by atoms with van der Waals surface area (Å²) in [6.45, 7) is 7.29. The van der Waals surface area contributed by atoms with Crippen molar-refractivity contribution in [2.75, 3.05) is 11.5 Å². The summed E-state index contributed by atoms with van der Waals surface area (Å²) in [5.74, 6) is 1.42. The maximum absolute atomic E-state index is 6.12. The number of aryl methyl sites for hydroxylation is 1. The van der Waals surface area contributed by atoms with E-state index in [1.54, 1.807) is 0 Å². The third kappa shape index (κ3) is 2.09. The van der Waals surface area contributed by atoms with E-state index >= 15 is 0 Å². The molecule has 0 saturated carbocycles. The van der Waals surface area contributed by atoms with Gasteiger partial charge >= 0.3 is 0 Å². The minimum atomic E-state index is 0.444. The molecule has 0 aliphatic heterocycles. The molecule has 0 saturated heterocycles. The third-order valence-corrected chi connectivity index (χ3v) is 3.77. The molecule has 1 aromatic carbocycles. The number of hydrogen-bond donors (Lipinski definition) is 2. The van der Waals surface area contributed by atoms with Crippen molar-refractivity contribution in [2.45, 2.75) is 33.7 Å². The highest BCUT2D eigenvalue weighted by Gasteiger charge is 2.17. The van der Waals surface area contributed by atoms with E-state index in [-0.39, 0.29) is 0 Å². The number of anilines is 2. The lowest BCUT2D eigenvalue weighted by Gasteiger charge is -2.13. The van der Waals surface area contributed by atoms with Crippen LogP contribution in [0.15, 0.2) is 18.2 Å². The van der Waals surface area contributed by atoms with Crippen molar-refractivity contribution < 1.29 is 0 Å². The van der Waals surface area contributed by atoms with Gasteiger partial charge in [-0.15, -0.1) is 0 Å². The van der Waals surface area contributed by atoms with Gasteiger partial charge in [-0.1, -0.05) is 32.9 Å². The van der Waals surface area contributed by atoms with Gasteiger partial charge in [-0.2, -0.15) is 0 Å². The number of hydrogen-bond acceptors (Lipinski definition) is 4. The third-order valence-electron chi connectivity index (χ3n) is 3.77. The number of benzene rings is 1. The molecule has 0 unspecified atom stereocenters. The monoisotopic (exact) mass is 283 g/mol. The fourth-order valence-corrected chi connectivity index (χ4v) is 2.88. The number of rotatable bonds is 3. The number of nitrogens with two attached hydrogens (primary N) is 2. The second kappa shape index (κ2) is 4.91. The lowest BCUT2D eigenvalue weighted by Crippen LogP contribution is -2.08. The zero-order valence-corrected chi connectivity index (χ0v) is 12.7. The van der Waals surface area contributed by atoms with Crippen LogP contribution in [0.4, 0.5) is 11.8 Å². The van der Waals surface area contributed by atoms with E-state index in [9.17, 15) is 0 Å². The Morgan fingerprint density at radius 1 is 1.19 bits per heavy atom. The Kier molecular flexibility index (Phi) is 3.20. The van der Waals surface area contributed by atoms with Crippen LogP contribution in [0.5, 0.6) is 0 Å². The summed E-state index contributed by atoms with van der Waals surface area (Å²) < 4.78 is 2.07. The van der Waals surface area contributed by atoms with E-state index in [2.05, 4.69) is 41.4 Å². The maximum Gasteiger partial charge on any atom is 0.201 e. The molecule has 4 N–H and O–H groups in total. The van der Waals surface area contributed by atoms with Crippen LogP contribution in [0.3, 0.4) is 0 Å². The Balaban J connectivity index is 2.50. The Labute approximate surface area is 124 Å². The highest BCUT2D eigenvalue weighted by Crippen LogP contribution is 2.32. The van der Waals surface area contributed by atoms with Crippen molar-refractivity contribution in [1.82, 2.24) is 14.5 Å². The first-order chi connectivity index (χ1) is 10.0. The molecule has 21 heavy (non-hydrogen) atoms. The van der Waals surface area contributed by atoms with Crippen LogP contribution in [0, 0.1) is 5.92 Å². The van der Waals surface area contributed by atoms with Gasteiger partial charge in [0.2, 0.25) is 5.95 Å². The van der Waals surface area contributed by atoms with Gasteiger partial charge in [0.1, 0.15) is 5.52 Å². The van der Waals surface area contributed by atoms with Gasteiger partial charge in [0, 0.05) is 11.9 Å². The van der Waals surface area contributed by atoms with Crippen LogP contribution < -0.4 is 11.5 Å². The van der Waals surface area contributed by atoms with Crippen molar-refractivity contribution in [3.8, 4) is 0 Å². The summed E-state index contributed by atoms with van der Waals surface area (Å²) in [7, 11) is 0. The van der Waals surface area contributed by atoms with Gasteiger partial charge in [-0.3, -0.25) is 0 Å². The Hall–Kier alpha value is -2.30. The minimum Gasteiger partial charge on any atom is -0.382 e. The smallest absolute Gasteiger partial charge is 0.201 e. The average Bonchev–Trinajstić information content (AvgIpc) is 2.76. The summed E-state index contributed by atoms with van der Waals surface area (Å²) in [6, 6.07) is 6.14. The average molecular weight is 283 g/mol. The van der Waals surface area contributed by atoms with Crippen LogP contribution in [-0.2, 0) is 13.0 Å². The molecule has 0 amide bonds. The van der Waals surface area contributed by atoms with E-state index in [1.807, 2.05) is 12.1 Å². The SMILES string of the molecule is CCc1cccc2nc(N)c3nc(N)n(CC(C)C)c3c12. The van der Waals surface area contributed by atoms with E-state index in [4.69, 9.17) is 11.5 Å². The van der Waals surface area contributed by atoms with Crippen LogP contribution in [0.25, 0.3) is 21.9 Å². The topological polar surface area (TPSA) is 82.8 Å². The van der Waals surface area contributed by atoms with Gasteiger partial charge in [0.05, 0.1) is 11.0 Å². The van der Waals surface area contributed by atoms with Gasteiger partial charge in [0.25, 0.3) is 0 Å². The molecule has 0 spiro atoms. The van der Waals surface area contributed by atoms with E-state index in [0.29, 0.717) is 23.2 Å². The second-order valence-corrected chi connectivity index (χ2v) is 5.83. The molecule has 5 nitrogen and oxygen atoms in total. The predicted molar refractivity (Wildman–Crippen MR) is 88.1 cm³/mol. The first kappa shape index (κ1) is 13.7. The molecular weight excluding hydrogens is 262 g/mol. The highest BCUT2D eigenvalue weighted by atomic mass is 15.2. The Morgan fingerprint density at radius 3 is 2.62 bits per heavy atom. The zero-order chi connectivity index (χ0) is 15.1. The standard InChI is InChI=1S/C16H21N5/c1-4-10-6-5-7-11-12(10)14-13(15(17)19-11)20-16(18)21(14)8-9(2)3/h5-7,9H,4,8H2,1-3H3,(H2,17,19)(H2,18,20). The number of pyridine rings is 1. The molecule has 0 aliphatic carbocycles. The maximum atomic E-state index is 6.12. The van der Waals surface area contributed by atoms with Crippen molar-refractivity contribution in [1.29, 1.82) is 0 Å². The van der Waals surface area contributed by atoms with Crippen LogP contribution in [0.1, 0.15) is 26.3 Å². The first-order valence-electron chi connectivity index (χ1n) is 7.35. The molecule has 0 fully saturated rings. The second-order valence-electron chi connectivity index (χ2n) is 5.83. The molecule has 0 atom stereocenters. The Bertz CT molecular complexity index is 816. The summed E-state index contributed by atoms with van der Waals surface area (Å²) >= 11 is 0. The van der Waals surface area contributed by atoms with Crippen LogP contribution in [0.2, 0.25) is 0 Å². The van der Waals surface area contributed by atoms with Gasteiger partial charge < -0.3 is 16.0 Å². The summed E-state index contributed by atoms with van der Waals surface area (Å²) in [5, 5.41) is 1.12. The first-order valence-corrected chi connectivity index (χ1v) is 7.35. The Morgan fingerprint density at radius 2 is 1.95 bits per heavy atom. The predicted octanol–water partition coefficient (Wildman–Crippen LogP) is 2.97. The van der Waals surface area contributed by atoms with E-state index in [0.717, 1.165) is 29.4 Å². The van der Waals surface area contributed by atoms with E-state index in [1.165, 1.54) is 5.56 Å². The van der Waals surface area contributed by atoms with Gasteiger partial charge in [-0.25, -0.2) is 9.97 Å². The van der Waals surface area contributed by atoms with Gasteiger partial charge in [-0.05, 0) is 24.0 Å². The number of fused-ring (bicyclic) bond motifs is 3. The molecule has 110 valence electrons. The number of nitrogens with zero attached hydrogens (tertiary/aromatic N) is 3. The molecule has 2 aromatic heterocycles. The van der Waals surface area contributed by atoms with Gasteiger partial charge in [0.15, 0.2) is 5.82 Å². The van der Waals surface area contributed by atoms with E-state index < -0.39 is 0 Å². The van der Waals surface area contributed by atoms with Crippen molar-refractivity contribution in [2.24, 2.45) is 5.92 Å². The van der Waals surface area contributed by atoms with Crippen LogP contribution >= 0.6 is 0 Å².